The SMILES string of the molecule is Cc1[c]c(C)cc(C(=O)OCOC(=O)C(C)(C)C)c1. The van der Waals surface area contributed by atoms with Gasteiger partial charge in [0.05, 0.1) is 11.0 Å². The molecule has 0 atom stereocenters. The summed E-state index contributed by atoms with van der Waals surface area (Å²) in [5, 5.41) is 0. The lowest BCUT2D eigenvalue weighted by Crippen LogP contribution is -2.24. The highest BCUT2D eigenvalue weighted by atomic mass is 16.7. The lowest BCUT2D eigenvalue weighted by molar-refractivity contribution is -0.161. The van der Waals surface area contributed by atoms with Crippen LogP contribution in [0.2, 0.25) is 0 Å². The Labute approximate surface area is 113 Å². The van der Waals surface area contributed by atoms with E-state index >= 15 is 0 Å². The maximum Gasteiger partial charge on any atom is 0.341 e. The predicted molar refractivity (Wildman–Crippen MR) is 70.6 cm³/mol. The minimum atomic E-state index is -0.610. The first kappa shape index (κ1) is 15.2. The monoisotopic (exact) mass is 263 g/mol. The van der Waals surface area contributed by atoms with Crippen molar-refractivity contribution in [1.29, 1.82) is 0 Å². The van der Waals surface area contributed by atoms with E-state index in [2.05, 4.69) is 6.07 Å². The highest BCUT2D eigenvalue weighted by Gasteiger charge is 2.23. The molecule has 1 aromatic rings. The summed E-state index contributed by atoms with van der Waals surface area (Å²) >= 11 is 0. The van der Waals surface area contributed by atoms with E-state index < -0.39 is 17.4 Å². The second-order valence-corrected chi connectivity index (χ2v) is 5.47. The highest BCUT2D eigenvalue weighted by molar-refractivity contribution is 5.89. The average Bonchev–Trinajstić information content (AvgIpc) is 2.26. The standard InChI is InChI=1S/C15H19O4/c1-10-6-11(2)8-12(7-10)13(16)18-9-19-14(17)15(3,4)5/h7-8H,9H2,1-5H3. The molecule has 0 bridgehead atoms. The van der Waals surface area contributed by atoms with Crippen LogP contribution in [-0.4, -0.2) is 18.7 Å². The second kappa shape index (κ2) is 5.87. The van der Waals surface area contributed by atoms with Crippen LogP contribution < -0.4 is 0 Å². The van der Waals surface area contributed by atoms with Crippen LogP contribution in [0.1, 0.15) is 42.3 Å². The third kappa shape index (κ3) is 4.73. The minimum Gasteiger partial charge on any atom is -0.427 e. The van der Waals surface area contributed by atoms with Crippen molar-refractivity contribution >= 4 is 11.9 Å². The first-order chi connectivity index (χ1) is 8.70. The number of carbonyl (C=O) groups is 2. The van der Waals surface area contributed by atoms with Gasteiger partial charge in [0, 0.05) is 0 Å². The van der Waals surface area contributed by atoms with E-state index in [1.54, 1.807) is 32.9 Å². The van der Waals surface area contributed by atoms with Crippen molar-refractivity contribution in [2.75, 3.05) is 6.79 Å². The molecule has 0 N–H and O–H groups in total. The van der Waals surface area contributed by atoms with Crippen LogP contribution >= 0.6 is 0 Å². The van der Waals surface area contributed by atoms with Gasteiger partial charge in [-0.05, 0) is 63.9 Å². The molecule has 0 saturated heterocycles. The molecule has 0 aliphatic carbocycles. The zero-order valence-corrected chi connectivity index (χ0v) is 12.0. The fourth-order valence-electron chi connectivity index (χ4n) is 1.45. The Bertz CT molecular complexity index is 463. The Morgan fingerprint density at radius 2 is 1.63 bits per heavy atom. The van der Waals surface area contributed by atoms with Crippen LogP contribution in [0, 0.1) is 25.3 Å². The molecule has 1 rings (SSSR count). The second-order valence-electron chi connectivity index (χ2n) is 5.47. The molecule has 4 heteroatoms. The number of esters is 2. The molecule has 4 nitrogen and oxygen atoms in total. The van der Waals surface area contributed by atoms with E-state index in [4.69, 9.17) is 9.47 Å². The predicted octanol–water partition coefficient (Wildman–Crippen LogP) is 2.81. The van der Waals surface area contributed by atoms with Crippen LogP contribution in [-0.2, 0) is 14.3 Å². The summed E-state index contributed by atoms with van der Waals surface area (Å²) in [5.41, 5.74) is 1.54. The molecule has 19 heavy (non-hydrogen) atoms. The number of hydrogen-bond donors (Lipinski definition) is 0. The van der Waals surface area contributed by atoms with Gasteiger partial charge in [-0.1, -0.05) is 0 Å². The molecule has 0 amide bonds. The van der Waals surface area contributed by atoms with Crippen molar-refractivity contribution in [3.05, 3.63) is 34.9 Å². The fraction of sp³-hybridized carbons (Fsp3) is 0.467. The fourth-order valence-corrected chi connectivity index (χ4v) is 1.45. The molecule has 1 aromatic carbocycles. The summed E-state index contributed by atoms with van der Waals surface area (Å²) in [6, 6.07) is 6.43. The van der Waals surface area contributed by atoms with Crippen LogP contribution in [0.3, 0.4) is 0 Å². The largest absolute Gasteiger partial charge is 0.427 e. The zero-order valence-electron chi connectivity index (χ0n) is 12.0. The van der Waals surface area contributed by atoms with Gasteiger partial charge in [-0.2, -0.15) is 0 Å². The third-order valence-corrected chi connectivity index (χ3v) is 2.37. The van der Waals surface area contributed by atoms with Crippen molar-refractivity contribution in [1.82, 2.24) is 0 Å². The van der Waals surface area contributed by atoms with Gasteiger partial charge in [-0.3, -0.25) is 4.79 Å². The van der Waals surface area contributed by atoms with Gasteiger partial charge in [0.25, 0.3) is 0 Å². The summed E-state index contributed by atoms with van der Waals surface area (Å²) in [5.74, 6) is -0.920. The number of hydrogen-bond acceptors (Lipinski definition) is 4. The normalized spacial score (nSPS) is 11.0. The summed E-state index contributed by atoms with van der Waals surface area (Å²) in [4.78, 5) is 23.2. The smallest absolute Gasteiger partial charge is 0.341 e. The first-order valence-corrected chi connectivity index (χ1v) is 6.05. The number of rotatable bonds is 3. The minimum absolute atomic E-state index is 0.369. The van der Waals surface area contributed by atoms with Crippen molar-refractivity contribution in [3.63, 3.8) is 0 Å². The van der Waals surface area contributed by atoms with Crippen molar-refractivity contribution < 1.29 is 19.1 Å². The molecular formula is C15H19O4. The maximum atomic E-state index is 11.8. The average molecular weight is 263 g/mol. The van der Waals surface area contributed by atoms with E-state index in [1.165, 1.54) is 0 Å². The van der Waals surface area contributed by atoms with Gasteiger partial charge in [0.15, 0.2) is 0 Å². The Hall–Kier alpha value is -1.84. The van der Waals surface area contributed by atoms with Gasteiger partial charge < -0.3 is 9.47 Å². The highest BCUT2D eigenvalue weighted by Crippen LogP contribution is 2.15. The quantitative estimate of drug-likeness (QED) is 0.621. The molecule has 103 valence electrons. The van der Waals surface area contributed by atoms with E-state index in [0.29, 0.717) is 5.56 Å². The van der Waals surface area contributed by atoms with Gasteiger partial charge in [0.1, 0.15) is 0 Å². The van der Waals surface area contributed by atoms with Crippen LogP contribution in [0.5, 0.6) is 0 Å². The van der Waals surface area contributed by atoms with Gasteiger partial charge in [-0.15, -0.1) is 0 Å². The Balaban J connectivity index is 2.55. The Morgan fingerprint density at radius 1 is 1.11 bits per heavy atom. The molecule has 0 fully saturated rings. The van der Waals surface area contributed by atoms with Crippen molar-refractivity contribution in [3.8, 4) is 0 Å². The number of aryl methyl sites for hydroxylation is 2. The molecule has 1 radical (unpaired) electrons. The lowest BCUT2D eigenvalue weighted by atomic mass is 9.98. The Kier molecular flexibility index (Phi) is 4.70. The molecule has 0 aliphatic heterocycles. The van der Waals surface area contributed by atoms with Gasteiger partial charge in [0.2, 0.25) is 6.79 Å². The topological polar surface area (TPSA) is 52.6 Å². The Morgan fingerprint density at radius 3 is 2.11 bits per heavy atom. The van der Waals surface area contributed by atoms with Gasteiger partial charge in [-0.25, -0.2) is 4.79 Å². The summed E-state index contributed by atoms with van der Waals surface area (Å²) in [7, 11) is 0. The molecule has 0 aromatic heterocycles. The molecular weight excluding hydrogens is 244 g/mol. The van der Waals surface area contributed by atoms with Crippen LogP contribution in [0.25, 0.3) is 0 Å². The van der Waals surface area contributed by atoms with E-state index in [-0.39, 0.29) is 6.79 Å². The first-order valence-electron chi connectivity index (χ1n) is 6.05. The molecule has 0 spiro atoms. The molecule has 0 unspecified atom stereocenters. The number of benzene rings is 1. The summed E-state index contributed by atoms with van der Waals surface area (Å²) in [6.45, 7) is 8.53. The van der Waals surface area contributed by atoms with E-state index in [9.17, 15) is 9.59 Å². The zero-order chi connectivity index (χ0) is 14.6. The molecule has 0 heterocycles. The molecule has 0 saturated carbocycles. The number of ether oxygens (including phenoxy) is 2. The van der Waals surface area contributed by atoms with Crippen molar-refractivity contribution in [2.24, 2.45) is 5.41 Å². The van der Waals surface area contributed by atoms with Crippen LogP contribution in [0.4, 0.5) is 0 Å². The van der Waals surface area contributed by atoms with Crippen LogP contribution in [0.15, 0.2) is 12.1 Å². The lowest BCUT2D eigenvalue weighted by Gasteiger charge is -2.16. The summed E-state index contributed by atoms with van der Waals surface area (Å²) < 4.78 is 9.78. The van der Waals surface area contributed by atoms with Gasteiger partial charge >= 0.3 is 11.9 Å². The third-order valence-electron chi connectivity index (χ3n) is 2.37. The molecule has 0 aliphatic rings. The number of carbonyl (C=O) groups excluding carboxylic acids is 2. The summed E-state index contributed by atoms with van der Waals surface area (Å²) in [6.07, 6.45) is 0. The van der Waals surface area contributed by atoms with E-state index in [0.717, 1.165) is 11.1 Å². The van der Waals surface area contributed by atoms with Crippen molar-refractivity contribution in [2.45, 2.75) is 34.6 Å². The van der Waals surface area contributed by atoms with E-state index in [1.807, 2.05) is 13.8 Å². The maximum absolute atomic E-state index is 11.8.